The van der Waals surface area contributed by atoms with E-state index in [-0.39, 0.29) is 5.91 Å². The fraction of sp³-hybridized carbons (Fsp3) is 0.208. The Kier molecular flexibility index (Phi) is 8.27. The number of pyridine rings is 2. The molecule has 0 saturated heterocycles. The van der Waals surface area contributed by atoms with Gasteiger partial charge in [0.25, 0.3) is 5.91 Å². The van der Waals surface area contributed by atoms with Gasteiger partial charge in [0.1, 0.15) is 6.07 Å². The standard InChI is InChI=1S/C24H21N5O.O2S/c1-15-5-6-20(11-21(15)19-9-18(12-25)16(2)28-13-19)29-23(30)17-7-8-27-22(10-17)24(3,4)14-26;1-3-2/h5-11,13H,1-4H3,(H,29,30);. The number of aromatic nitrogens is 2. The average Bonchev–Trinajstić information content (AvgIpc) is 2.81. The van der Waals surface area contributed by atoms with Crippen LogP contribution < -0.4 is 5.32 Å². The molecule has 3 rings (SSSR count). The third kappa shape index (κ3) is 6.16. The summed E-state index contributed by atoms with van der Waals surface area (Å²) in [5.41, 5.74) is 4.70. The molecule has 33 heavy (non-hydrogen) atoms. The van der Waals surface area contributed by atoms with E-state index in [1.165, 1.54) is 6.20 Å². The van der Waals surface area contributed by atoms with Gasteiger partial charge in [-0.2, -0.15) is 18.9 Å². The predicted molar refractivity (Wildman–Crippen MR) is 124 cm³/mol. The van der Waals surface area contributed by atoms with Gasteiger partial charge >= 0.3 is 11.6 Å². The number of nitriles is 2. The van der Waals surface area contributed by atoms with Crippen molar-refractivity contribution >= 4 is 23.2 Å². The number of rotatable bonds is 4. The summed E-state index contributed by atoms with van der Waals surface area (Å²) in [4.78, 5) is 21.3. The molecule has 0 aliphatic heterocycles. The number of aryl methyl sites for hydroxylation is 2. The van der Waals surface area contributed by atoms with Crippen LogP contribution in [0.15, 0.2) is 48.8 Å². The van der Waals surface area contributed by atoms with Crippen LogP contribution in [0.1, 0.15) is 46.7 Å². The van der Waals surface area contributed by atoms with Gasteiger partial charge in [-0.1, -0.05) is 6.07 Å². The first kappa shape index (κ1) is 25.1. The van der Waals surface area contributed by atoms with Gasteiger partial charge in [-0.3, -0.25) is 14.8 Å². The van der Waals surface area contributed by atoms with E-state index in [4.69, 9.17) is 8.42 Å². The second-order valence-corrected chi connectivity index (χ2v) is 7.82. The Hall–Kier alpha value is -4.21. The van der Waals surface area contributed by atoms with Crippen molar-refractivity contribution in [2.45, 2.75) is 33.1 Å². The number of nitrogens with one attached hydrogen (secondary N) is 1. The Morgan fingerprint density at radius 3 is 2.39 bits per heavy atom. The summed E-state index contributed by atoms with van der Waals surface area (Å²) in [5.74, 6) is -0.290. The Morgan fingerprint density at radius 1 is 1.06 bits per heavy atom. The van der Waals surface area contributed by atoms with Crippen molar-refractivity contribution in [3.05, 3.63) is 76.9 Å². The van der Waals surface area contributed by atoms with Crippen molar-refractivity contribution in [2.75, 3.05) is 5.32 Å². The first-order valence-electron chi connectivity index (χ1n) is 9.75. The van der Waals surface area contributed by atoms with E-state index in [2.05, 4.69) is 27.4 Å². The normalized spacial score (nSPS) is 10.1. The maximum Gasteiger partial charge on any atom is 0.335 e. The highest BCUT2D eigenvalue weighted by Gasteiger charge is 2.22. The Labute approximate surface area is 195 Å². The second kappa shape index (κ2) is 10.9. The van der Waals surface area contributed by atoms with Crippen LogP contribution in [0.3, 0.4) is 0 Å². The number of carbonyl (C=O) groups is 1. The molecule has 0 unspecified atom stereocenters. The molecule has 0 aliphatic rings. The van der Waals surface area contributed by atoms with Gasteiger partial charge < -0.3 is 5.32 Å². The maximum absolute atomic E-state index is 12.8. The molecular weight excluding hydrogens is 438 g/mol. The fourth-order valence-corrected chi connectivity index (χ4v) is 2.98. The number of nitrogens with zero attached hydrogens (tertiary/aromatic N) is 4. The van der Waals surface area contributed by atoms with Crippen molar-refractivity contribution < 1.29 is 13.2 Å². The van der Waals surface area contributed by atoms with Crippen molar-refractivity contribution in [3.8, 4) is 23.3 Å². The minimum atomic E-state index is -0.787. The Bertz CT molecular complexity index is 1320. The van der Waals surface area contributed by atoms with E-state index in [9.17, 15) is 15.3 Å². The predicted octanol–water partition coefficient (Wildman–Crippen LogP) is 4.02. The zero-order valence-electron chi connectivity index (χ0n) is 18.5. The fourth-order valence-electron chi connectivity index (χ4n) is 2.98. The lowest BCUT2D eigenvalue weighted by molar-refractivity contribution is 0.102. The largest absolute Gasteiger partial charge is 0.335 e. The second-order valence-electron chi connectivity index (χ2n) is 7.69. The molecule has 1 amide bonds. The lowest BCUT2D eigenvalue weighted by Gasteiger charge is -2.15. The van der Waals surface area contributed by atoms with E-state index in [0.717, 1.165) is 16.7 Å². The lowest BCUT2D eigenvalue weighted by atomic mass is 9.90. The van der Waals surface area contributed by atoms with Crippen molar-refractivity contribution in [3.63, 3.8) is 0 Å². The van der Waals surface area contributed by atoms with Crippen LogP contribution in [0.4, 0.5) is 5.69 Å². The van der Waals surface area contributed by atoms with Crippen LogP contribution in [0.2, 0.25) is 0 Å². The molecule has 0 atom stereocenters. The molecular formula is C24H21N5O3S. The maximum atomic E-state index is 12.8. The molecule has 0 fully saturated rings. The SMILES string of the molecule is Cc1ccc(NC(=O)c2ccnc(C(C)(C)C#N)c2)cc1-c1cnc(C)c(C#N)c1.O=S=O. The Balaban J connectivity index is 0.00000122. The highest BCUT2D eigenvalue weighted by atomic mass is 32.1. The van der Waals surface area contributed by atoms with Crippen LogP contribution in [-0.4, -0.2) is 24.3 Å². The van der Waals surface area contributed by atoms with E-state index in [1.54, 1.807) is 45.2 Å². The van der Waals surface area contributed by atoms with Crippen molar-refractivity contribution in [1.29, 1.82) is 10.5 Å². The van der Waals surface area contributed by atoms with Crippen LogP contribution in [0, 0.1) is 36.5 Å². The summed E-state index contributed by atoms with van der Waals surface area (Å²) in [7, 11) is 0. The van der Waals surface area contributed by atoms with Gasteiger partial charge in [0.2, 0.25) is 0 Å². The van der Waals surface area contributed by atoms with Crippen molar-refractivity contribution in [2.24, 2.45) is 0 Å². The molecule has 0 saturated carbocycles. The van der Waals surface area contributed by atoms with Gasteiger partial charge in [-0.15, -0.1) is 0 Å². The van der Waals surface area contributed by atoms with Crippen molar-refractivity contribution in [1.82, 2.24) is 9.97 Å². The van der Waals surface area contributed by atoms with Crippen LogP contribution in [-0.2, 0) is 17.0 Å². The van der Waals surface area contributed by atoms with Gasteiger partial charge in [0, 0.05) is 29.2 Å². The smallest absolute Gasteiger partial charge is 0.322 e. The van der Waals surface area contributed by atoms with Gasteiger partial charge in [0.05, 0.1) is 28.4 Å². The molecule has 8 nitrogen and oxygen atoms in total. The zero-order valence-corrected chi connectivity index (χ0v) is 19.4. The van der Waals surface area contributed by atoms with Crippen LogP contribution in [0.25, 0.3) is 11.1 Å². The zero-order chi connectivity index (χ0) is 24.6. The Morgan fingerprint density at radius 2 is 1.76 bits per heavy atom. The summed E-state index contributed by atoms with van der Waals surface area (Å²) in [6, 6.07) is 15.0. The monoisotopic (exact) mass is 459 g/mol. The highest BCUT2D eigenvalue weighted by molar-refractivity contribution is 7.51. The lowest BCUT2D eigenvalue weighted by Crippen LogP contribution is -2.18. The highest BCUT2D eigenvalue weighted by Crippen LogP contribution is 2.28. The molecule has 9 heteroatoms. The first-order valence-corrected chi connectivity index (χ1v) is 10.4. The van der Waals surface area contributed by atoms with E-state index in [0.29, 0.717) is 28.2 Å². The molecule has 0 spiro atoms. The molecule has 166 valence electrons. The summed E-state index contributed by atoms with van der Waals surface area (Å²) in [5, 5.41) is 21.5. The molecule has 0 radical (unpaired) electrons. The number of amides is 1. The molecule has 2 aromatic heterocycles. The third-order valence-electron chi connectivity index (χ3n) is 4.96. The van der Waals surface area contributed by atoms with Gasteiger partial charge in [-0.25, -0.2) is 0 Å². The van der Waals surface area contributed by atoms with E-state index in [1.807, 2.05) is 25.1 Å². The minimum Gasteiger partial charge on any atom is -0.322 e. The molecule has 1 N–H and O–H groups in total. The quantitative estimate of drug-likeness (QED) is 0.622. The summed E-state index contributed by atoms with van der Waals surface area (Å²) in [6.07, 6.45) is 3.26. The molecule has 3 aromatic rings. The number of hydrogen-bond donors (Lipinski definition) is 1. The minimum absolute atomic E-state index is 0.290. The molecule has 2 heterocycles. The summed E-state index contributed by atoms with van der Waals surface area (Å²) < 4.78 is 16.6. The summed E-state index contributed by atoms with van der Waals surface area (Å²) >= 11 is -0.750. The van der Waals surface area contributed by atoms with Crippen LogP contribution >= 0.6 is 0 Å². The van der Waals surface area contributed by atoms with Crippen LogP contribution in [0.5, 0.6) is 0 Å². The third-order valence-corrected chi connectivity index (χ3v) is 4.96. The molecule has 0 aliphatic carbocycles. The van der Waals surface area contributed by atoms with Gasteiger partial charge in [0.15, 0.2) is 0 Å². The number of benzene rings is 1. The summed E-state index contributed by atoms with van der Waals surface area (Å²) in [6.45, 7) is 7.27. The molecule has 0 bridgehead atoms. The van der Waals surface area contributed by atoms with E-state index >= 15 is 0 Å². The number of hydrogen-bond acceptors (Lipinski definition) is 7. The van der Waals surface area contributed by atoms with E-state index < -0.39 is 17.0 Å². The number of anilines is 1. The van der Waals surface area contributed by atoms with Gasteiger partial charge in [-0.05, 0) is 69.2 Å². The number of carbonyl (C=O) groups excluding carboxylic acids is 1. The topological polar surface area (TPSA) is 137 Å². The average molecular weight is 460 g/mol. The first-order chi connectivity index (χ1) is 15.7. The molecule has 1 aromatic carbocycles.